The molecule has 1 aromatic heterocycles. The zero-order chi connectivity index (χ0) is 11.7. The number of hydrogen-bond acceptors (Lipinski definition) is 4. The third-order valence-electron chi connectivity index (χ3n) is 2.59. The molecule has 1 fully saturated rings. The van der Waals surface area contributed by atoms with Crippen molar-refractivity contribution in [3.8, 4) is 0 Å². The second-order valence-corrected chi connectivity index (χ2v) is 3.94. The zero-order valence-corrected chi connectivity index (χ0v) is 9.18. The minimum absolute atomic E-state index is 0.0231. The normalized spacial score (nSPS) is 20.2. The summed E-state index contributed by atoms with van der Waals surface area (Å²) in [4.78, 5) is 21.6. The highest BCUT2D eigenvalue weighted by Crippen LogP contribution is 2.23. The summed E-state index contributed by atoms with van der Waals surface area (Å²) in [6.07, 6.45) is 2.26. The summed E-state index contributed by atoms with van der Waals surface area (Å²) < 4.78 is 0. The summed E-state index contributed by atoms with van der Waals surface area (Å²) in [7, 11) is 0. The van der Waals surface area contributed by atoms with Crippen LogP contribution in [-0.4, -0.2) is 22.4 Å². The van der Waals surface area contributed by atoms with Gasteiger partial charge in [-0.3, -0.25) is 9.69 Å². The van der Waals surface area contributed by atoms with Crippen molar-refractivity contribution in [1.29, 1.82) is 0 Å². The number of aromatic nitrogens is 2. The highest BCUT2D eigenvalue weighted by Gasteiger charge is 2.30. The first-order chi connectivity index (χ1) is 7.60. The van der Waals surface area contributed by atoms with Crippen LogP contribution in [-0.2, 0) is 4.79 Å². The van der Waals surface area contributed by atoms with Crippen LogP contribution in [0.15, 0.2) is 18.7 Å². The average molecular weight is 218 g/mol. The van der Waals surface area contributed by atoms with Crippen molar-refractivity contribution in [3.63, 3.8) is 0 Å². The lowest BCUT2D eigenvalue weighted by Gasteiger charge is -2.14. The number of nitrogens with zero attached hydrogens (tertiary/aromatic N) is 3. The highest BCUT2D eigenvalue weighted by molar-refractivity contribution is 5.94. The van der Waals surface area contributed by atoms with Gasteiger partial charge in [0.2, 0.25) is 11.9 Å². The van der Waals surface area contributed by atoms with Gasteiger partial charge in [0.05, 0.1) is 0 Å². The van der Waals surface area contributed by atoms with Crippen molar-refractivity contribution in [1.82, 2.24) is 9.97 Å². The van der Waals surface area contributed by atoms with Crippen LogP contribution in [0, 0.1) is 12.8 Å². The van der Waals surface area contributed by atoms with E-state index < -0.39 is 0 Å². The Morgan fingerprint density at radius 3 is 2.94 bits per heavy atom. The molecule has 0 spiro atoms. The Kier molecular flexibility index (Phi) is 2.60. The molecule has 2 N–H and O–H groups in total. The molecule has 84 valence electrons. The fraction of sp³-hybridized carbons (Fsp3) is 0.364. The van der Waals surface area contributed by atoms with E-state index >= 15 is 0 Å². The average Bonchev–Trinajstić information content (AvgIpc) is 2.58. The van der Waals surface area contributed by atoms with E-state index in [1.807, 2.05) is 6.92 Å². The van der Waals surface area contributed by atoms with Crippen LogP contribution >= 0.6 is 0 Å². The van der Waals surface area contributed by atoms with Crippen LogP contribution in [0.1, 0.15) is 12.1 Å². The number of amides is 1. The second kappa shape index (κ2) is 3.92. The van der Waals surface area contributed by atoms with Gasteiger partial charge < -0.3 is 5.73 Å². The molecule has 0 aliphatic carbocycles. The number of hydrogen-bond donors (Lipinski definition) is 1. The lowest BCUT2D eigenvalue weighted by atomic mass is 10.1. The van der Waals surface area contributed by atoms with E-state index in [4.69, 9.17) is 5.73 Å². The lowest BCUT2D eigenvalue weighted by Crippen LogP contribution is -2.27. The highest BCUT2D eigenvalue weighted by atomic mass is 16.2. The predicted octanol–water partition coefficient (Wildman–Crippen LogP) is 0.906. The molecule has 1 aliphatic rings. The Bertz CT molecular complexity index is 423. The number of rotatable bonds is 2. The Hall–Kier alpha value is -1.91. The van der Waals surface area contributed by atoms with Gasteiger partial charge in [-0.15, -0.1) is 6.58 Å². The fourth-order valence-electron chi connectivity index (χ4n) is 1.78. The van der Waals surface area contributed by atoms with Gasteiger partial charge in [0.25, 0.3) is 0 Å². The van der Waals surface area contributed by atoms with Gasteiger partial charge in [0.1, 0.15) is 5.82 Å². The van der Waals surface area contributed by atoms with Gasteiger partial charge in [-0.05, 0) is 6.92 Å². The number of anilines is 2. The molecule has 1 aromatic rings. The second-order valence-electron chi connectivity index (χ2n) is 3.94. The first-order valence-corrected chi connectivity index (χ1v) is 5.14. The van der Waals surface area contributed by atoms with Gasteiger partial charge >= 0.3 is 0 Å². The molecule has 0 bridgehead atoms. The SMILES string of the molecule is C=CC1CC(=O)N(c2nc(C)cc(N)n2)C1. The Morgan fingerprint density at radius 2 is 2.38 bits per heavy atom. The minimum Gasteiger partial charge on any atom is -0.384 e. The topological polar surface area (TPSA) is 72.1 Å². The van der Waals surface area contributed by atoms with E-state index in [-0.39, 0.29) is 11.8 Å². The molecule has 5 nitrogen and oxygen atoms in total. The van der Waals surface area contributed by atoms with Crippen LogP contribution in [0.25, 0.3) is 0 Å². The molecule has 5 heteroatoms. The summed E-state index contributed by atoms with van der Waals surface area (Å²) in [5.74, 6) is 0.983. The number of carbonyl (C=O) groups is 1. The maximum atomic E-state index is 11.7. The van der Waals surface area contributed by atoms with E-state index in [1.165, 1.54) is 0 Å². The minimum atomic E-state index is 0.0231. The van der Waals surface area contributed by atoms with Crippen molar-refractivity contribution in [2.45, 2.75) is 13.3 Å². The van der Waals surface area contributed by atoms with Crippen LogP contribution in [0.4, 0.5) is 11.8 Å². The number of aryl methyl sites for hydroxylation is 1. The quantitative estimate of drug-likeness (QED) is 0.749. The lowest BCUT2D eigenvalue weighted by molar-refractivity contribution is -0.117. The monoisotopic (exact) mass is 218 g/mol. The molecular weight excluding hydrogens is 204 g/mol. The largest absolute Gasteiger partial charge is 0.384 e. The maximum Gasteiger partial charge on any atom is 0.234 e. The van der Waals surface area contributed by atoms with Crippen molar-refractivity contribution in [2.75, 3.05) is 17.2 Å². The number of nitrogen functional groups attached to an aromatic ring is 1. The maximum absolute atomic E-state index is 11.7. The summed E-state index contributed by atoms with van der Waals surface area (Å²) >= 11 is 0. The van der Waals surface area contributed by atoms with Crippen molar-refractivity contribution in [3.05, 3.63) is 24.4 Å². The van der Waals surface area contributed by atoms with Crippen molar-refractivity contribution < 1.29 is 4.79 Å². The molecule has 0 radical (unpaired) electrons. The number of carbonyl (C=O) groups excluding carboxylic acids is 1. The van der Waals surface area contributed by atoms with E-state index in [9.17, 15) is 4.79 Å². The molecular formula is C11H14N4O. The third kappa shape index (κ3) is 1.88. The summed E-state index contributed by atoms with van der Waals surface area (Å²) in [5.41, 5.74) is 6.39. The Balaban J connectivity index is 2.30. The molecule has 1 unspecified atom stereocenters. The molecule has 1 atom stereocenters. The van der Waals surface area contributed by atoms with E-state index in [2.05, 4.69) is 16.5 Å². The fourth-order valence-corrected chi connectivity index (χ4v) is 1.78. The summed E-state index contributed by atoms with van der Waals surface area (Å²) in [6, 6.07) is 1.68. The smallest absolute Gasteiger partial charge is 0.234 e. The Labute approximate surface area is 94.0 Å². The van der Waals surface area contributed by atoms with Crippen LogP contribution < -0.4 is 10.6 Å². The molecule has 0 aromatic carbocycles. The van der Waals surface area contributed by atoms with Crippen molar-refractivity contribution >= 4 is 17.7 Å². The predicted molar refractivity (Wildman–Crippen MR) is 61.8 cm³/mol. The number of nitrogens with two attached hydrogens (primary N) is 1. The van der Waals surface area contributed by atoms with Gasteiger partial charge in [-0.1, -0.05) is 6.08 Å². The molecule has 1 amide bonds. The summed E-state index contributed by atoms with van der Waals surface area (Å²) in [5, 5.41) is 0. The van der Waals surface area contributed by atoms with Crippen LogP contribution in [0.3, 0.4) is 0 Å². The van der Waals surface area contributed by atoms with E-state index in [0.29, 0.717) is 24.7 Å². The van der Waals surface area contributed by atoms with Gasteiger partial charge in [0.15, 0.2) is 0 Å². The summed E-state index contributed by atoms with van der Waals surface area (Å²) in [6.45, 7) is 6.11. The molecule has 2 rings (SSSR count). The van der Waals surface area contributed by atoms with Crippen LogP contribution in [0.5, 0.6) is 0 Å². The first kappa shape index (κ1) is 10.6. The van der Waals surface area contributed by atoms with Gasteiger partial charge in [-0.2, -0.15) is 4.98 Å². The zero-order valence-electron chi connectivity index (χ0n) is 9.18. The molecule has 1 saturated heterocycles. The molecule has 1 aliphatic heterocycles. The van der Waals surface area contributed by atoms with Crippen molar-refractivity contribution in [2.24, 2.45) is 5.92 Å². The third-order valence-corrected chi connectivity index (χ3v) is 2.59. The van der Waals surface area contributed by atoms with E-state index in [0.717, 1.165) is 5.69 Å². The van der Waals surface area contributed by atoms with Crippen LogP contribution in [0.2, 0.25) is 0 Å². The molecule has 16 heavy (non-hydrogen) atoms. The van der Waals surface area contributed by atoms with Gasteiger partial charge in [-0.25, -0.2) is 4.98 Å². The Morgan fingerprint density at radius 1 is 1.62 bits per heavy atom. The van der Waals surface area contributed by atoms with Gasteiger partial charge in [0, 0.05) is 30.6 Å². The molecule has 0 saturated carbocycles. The first-order valence-electron chi connectivity index (χ1n) is 5.14. The van der Waals surface area contributed by atoms with E-state index in [1.54, 1.807) is 17.0 Å². The standard InChI is InChI=1S/C11H14N4O/c1-3-8-5-10(16)15(6-8)11-13-7(2)4-9(12)14-11/h3-4,8H,1,5-6H2,2H3,(H2,12,13,14). The molecule has 2 heterocycles.